The van der Waals surface area contributed by atoms with Crippen LogP contribution in [0.2, 0.25) is 0 Å². The molecule has 3 heteroatoms. The first kappa shape index (κ1) is 14.6. The number of benzene rings is 2. The Bertz CT molecular complexity index is 718. The minimum Gasteiger partial charge on any atom is -0.313 e. The summed E-state index contributed by atoms with van der Waals surface area (Å²) in [4.78, 5) is 1.35. The fourth-order valence-electron chi connectivity index (χ4n) is 2.32. The van der Waals surface area contributed by atoms with Crippen LogP contribution >= 0.6 is 23.1 Å². The number of fused-ring (bicyclic) bond motifs is 1. The number of thioether (sulfide) groups is 1. The Hall–Kier alpha value is -1.29. The van der Waals surface area contributed by atoms with Crippen LogP contribution in [-0.2, 0) is 12.3 Å². The molecular formula is C18H19NS2. The Morgan fingerprint density at radius 3 is 2.90 bits per heavy atom. The van der Waals surface area contributed by atoms with Crippen molar-refractivity contribution in [2.24, 2.45) is 0 Å². The highest BCUT2D eigenvalue weighted by atomic mass is 32.2. The van der Waals surface area contributed by atoms with Crippen LogP contribution in [0.1, 0.15) is 18.1 Å². The van der Waals surface area contributed by atoms with Crippen LogP contribution in [0, 0.1) is 0 Å². The van der Waals surface area contributed by atoms with Crippen molar-refractivity contribution in [3.8, 4) is 0 Å². The van der Waals surface area contributed by atoms with E-state index >= 15 is 0 Å². The average Bonchev–Trinajstić information content (AvgIpc) is 2.95. The summed E-state index contributed by atoms with van der Waals surface area (Å²) in [5.41, 5.74) is 2.80. The predicted molar refractivity (Wildman–Crippen MR) is 95.2 cm³/mol. The van der Waals surface area contributed by atoms with Gasteiger partial charge in [0.2, 0.25) is 0 Å². The molecule has 0 radical (unpaired) electrons. The molecule has 1 aromatic heterocycles. The zero-order valence-electron chi connectivity index (χ0n) is 12.1. The lowest BCUT2D eigenvalue weighted by atomic mass is 10.2. The van der Waals surface area contributed by atoms with Crippen molar-refractivity contribution in [2.45, 2.75) is 24.1 Å². The third-order valence-electron chi connectivity index (χ3n) is 3.43. The molecule has 1 N–H and O–H groups in total. The van der Waals surface area contributed by atoms with Gasteiger partial charge in [-0.05, 0) is 46.6 Å². The second-order valence-electron chi connectivity index (χ2n) is 4.97. The quantitative estimate of drug-likeness (QED) is 0.619. The van der Waals surface area contributed by atoms with Gasteiger partial charge in [-0.2, -0.15) is 0 Å². The molecular weight excluding hydrogens is 294 g/mol. The Labute approximate surface area is 134 Å². The van der Waals surface area contributed by atoms with E-state index in [2.05, 4.69) is 66.2 Å². The molecule has 2 aromatic carbocycles. The molecule has 21 heavy (non-hydrogen) atoms. The molecule has 0 saturated heterocycles. The van der Waals surface area contributed by atoms with Crippen molar-refractivity contribution < 1.29 is 0 Å². The van der Waals surface area contributed by atoms with Crippen molar-refractivity contribution in [3.05, 3.63) is 65.0 Å². The lowest BCUT2D eigenvalue weighted by Gasteiger charge is -2.05. The van der Waals surface area contributed by atoms with Crippen molar-refractivity contribution in [3.63, 3.8) is 0 Å². The predicted octanol–water partition coefficient (Wildman–Crippen LogP) is 5.30. The molecule has 0 spiro atoms. The standard InChI is InChI=1S/C18H19NS2/c1-2-19-11-14-6-5-7-16(10-14)20-12-15-13-21-18-9-4-3-8-17(15)18/h3-10,13,19H,2,11-12H2,1H3. The topological polar surface area (TPSA) is 12.0 Å². The normalized spacial score (nSPS) is 11.1. The minimum absolute atomic E-state index is 0.951. The van der Waals surface area contributed by atoms with Gasteiger partial charge in [-0.1, -0.05) is 37.3 Å². The van der Waals surface area contributed by atoms with E-state index in [0.29, 0.717) is 0 Å². The molecule has 0 fully saturated rings. The van der Waals surface area contributed by atoms with E-state index < -0.39 is 0 Å². The van der Waals surface area contributed by atoms with Gasteiger partial charge in [-0.25, -0.2) is 0 Å². The van der Waals surface area contributed by atoms with Crippen molar-refractivity contribution in [2.75, 3.05) is 6.54 Å². The zero-order chi connectivity index (χ0) is 14.5. The van der Waals surface area contributed by atoms with Gasteiger partial charge in [-0.15, -0.1) is 23.1 Å². The molecule has 0 aliphatic rings. The van der Waals surface area contributed by atoms with E-state index in [1.807, 2.05) is 23.1 Å². The lowest BCUT2D eigenvalue weighted by Crippen LogP contribution is -2.11. The van der Waals surface area contributed by atoms with Gasteiger partial charge in [-0.3, -0.25) is 0 Å². The second kappa shape index (κ2) is 7.12. The van der Waals surface area contributed by atoms with E-state index in [4.69, 9.17) is 0 Å². The maximum absolute atomic E-state index is 3.38. The minimum atomic E-state index is 0.951. The Morgan fingerprint density at radius 2 is 2.00 bits per heavy atom. The molecule has 0 saturated carbocycles. The third-order valence-corrected chi connectivity index (χ3v) is 5.49. The summed E-state index contributed by atoms with van der Waals surface area (Å²) in [5.74, 6) is 1.04. The molecule has 0 atom stereocenters. The molecule has 1 heterocycles. The van der Waals surface area contributed by atoms with Gasteiger partial charge < -0.3 is 5.32 Å². The highest BCUT2D eigenvalue weighted by Crippen LogP contribution is 2.31. The molecule has 0 bridgehead atoms. The summed E-state index contributed by atoms with van der Waals surface area (Å²) in [6.45, 7) is 4.10. The van der Waals surface area contributed by atoms with Crippen molar-refractivity contribution >= 4 is 33.2 Å². The summed E-state index contributed by atoms with van der Waals surface area (Å²) in [6, 6.07) is 17.5. The number of thiophene rings is 1. The highest BCUT2D eigenvalue weighted by molar-refractivity contribution is 7.98. The maximum atomic E-state index is 3.38. The smallest absolute Gasteiger partial charge is 0.0345 e. The summed E-state index contributed by atoms with van der Waals surface area (Å²) in [6.07, 6.45) is 0. The molecule has 3 rings (SSSR count). The van der Waals surface area contributed by atoms with E-state index in [0.717, 1.165) is 18.8 Å². The monoisotopic (exact) mass is 313 g/mol. The van der Waals surface area contributed by atoms with Crippen molar-refractivity contribution in [1.29, 1.82) is 0 Å². The number of hydrogen-bond donors (Lipinski definition) is 1. The first-order valence-electron chi connectivity index (χ1n) is 7.24. The molecule has 0 aliphatic heterocycles. The van der Waals surface area contributed by atoms with Crippen LogP contribution in [0.4, 0.5) is 0 Å². The van der Waals surface area contributed by atoms with Gasteiger partial charge >= 0.3 is 0 Å². The van der Waals surface area contributed by atoms with Crippen LogP contribution in [0.5, 0.6) is 0 Å². The summed E-state index contributed by atoms with van der Waals surface area (Å²) in [5, 5.41) is 7.07. The fourth-order valence-corrected chi connectivity index (χ4v) is 4.36. The van der Waals surface area contributed by atoms with Gasteiger partial charge in [0.15, 0.2) is 0 Å². The van der Waals surface area contributed by atoms with Crippen LogP contribution in [0.3, 0.4) is 0 Å². The number of rotatable bonds is 6. The van der Waals surface area contributed by atoms with E-state index in [-0.39, 0.29) is 0 Å². The molecule has 0 aliphatic carbocycles. The zero-order valence-corrected chi connectivity index (χ0v) is 13.8. The van der Waals surface area contributed by atoms with E-state index in [1.165, 1.54) is 26.1 Å². The molecule has 1 nitrogen and oxygen atoms in total. The second-order valence-corrected chi connectivity index (χ2v) is 6.93. The molecule has 108 valence electrons. The molecule has 0 unspecified atom stereocenters. The highest BCUT2D eigenvalue weighted by Gasteiger charge is 2.04. The third kappa shape index (κ3) is 3.67. The molecule has 0 amide bonds. The van der Waals surface area contributed by atoms with Gasteiger partial charge in [0, 0.05) is 21.9 Å². The molecule has 3 aromatic rings. The summed E-state index contributed by atoms with van der Waals surface area (Å²) in [7, 11) is 0. The number of nitrogens with one attached hydrogen (secondary N) is 1. The van der Waals surface area contributed by atoms with Gasteiger partial charge in [0.05, 0.1) is 0 Å². The van der Waals surface area contributed by atoms with Gasteiger partial charge in [0.25, 0.3) is 0 Å². The van der Waals surface area contributed by atoms with Crippen LogP contribution in [0.25, 0.3) is 10.1 Å². The average molecular weight is 313 g/mol. The summed E-state index contributed by atoms with van der Waals surface area (Å²) < 4.78 is 1.38. The largest absolute Gasteiger partial charge is 0.313 e. The van der Waals surface area contributed by atoms with Gasteiger partial charge in [0.1, 0.15) is 0 Å². The van der Waals surface area contributed by atoms with Crippen LogP contribution in [0.15, 0.2) is 58.8 Å². The van der Waals surface area contributed by atoms with E-state index in [9.17, 15) is 0 Å². The Morgan fingerprint density at radius 1 is 1.10 bits per heavy atom. The fraction of sp³-hybridized carbons (Fsp3) is 0.222. The van der Waals surface area contributed by atoms with Crippen molar-refractivity contribution in [1.82, 2.24) is 5.32 Å². The number of hydrogen-bond acceptors (Lipinski definition) is 3. The van der Waals surface area contributed by atoms with Crippen LogP contribution in [-0.4, -0.2) is 6.54 Å². The first-order valence-corrected chi connectivity index (χ1v) is 9.11. The maximum Gasteiger partial charge on any atom is 0.0345 e. The summed E-state index contributed by atoms with van der Waals surface area (Å²) >= 11 is 3.76. The Balaban J connectivity index is 1.70. The Kier molecular flexibility index (Phi) is 4.96. The lowest BCUT2D eigenvalue weighted by molar-refractivity contribution is 0.725. The SMILES string of the molecule is CCNCc1cccc(SCc2csc3ccccc23)c1. The van der Waals surface area contributed by atoms with E-state index in [1.54, 1.807) is 0 Å². The first-order chi connectivity index (χ1) is 10.4. The van der Waals surface area contributed by atoms with Crippen LogP contribution < -0.4 is 5.32 Å².